The maximum atomic E-state index is 13.4. The molecule has 1 saturated carbocycles. The first kappa shape index (κ1) is 13.4. The van der Waals surface area contributed by atoms with E-state index in [1.807, 2.05) is 0 Å². The number of piperidine rings is 1. The molecule has 0 amide bonds. The molecule has 1 aliphatic carbocycles. The lowest BCUT2D eigenvalue weighted by atomic mass is 9.75. The third-order valence-corrected chi connectivity index (χ3v) is 4.88. The number of halogens is 1. The highest BCUT2D eigenvalue weighted by Gasteiger charge is 2.31. The summed E-state index contributed by atoms with van der Waals surface area (Å²) in [4.78, 5) is 2.29. The molecule has 3 nitrogen and oxygen atoms in total. The predicted octanol–water partition coefficient (Wildman–Crippen LogP) is 3.13. The van der Waals surface area contributed by atoms with Gasteiger partial charge in [-0.1, -0.05) is 19.3 Å². The number of fused-ring (bicyclic) bond motifs is 1. The molecule has 1 aromatic rings. The Hall–Kier alpha value is -1.58. The van der Waals surface area contributed by atoms with Gasteiger partial charge < -0.3 is 10.6 Å². The molecule has 2 fully saturated rings. The molecule has 2 aliphatic rings. The summed E-state index contributed by atoms with van der Waals surface area (Å²) in [5.74, 6) is 1.24. The Bertz CT molecular complexity index is 514. The van der Waals surface area contributed by atoms with Crippen molar-refractivity contribution in [3.05, 3.63) is 29.6 Å². The van der Waals surface area contributed by atoms with Crippen LogP contribution in [0.3, 0.4) is 0 Å². The quantitative estimate of drug-likeness (QED) is 0.643. The fourth-order valence-corrected chi connectivity index (χ4v) is 3.82. The van der Waals surface area contributed by atoms with Gasteiger partial charge in [-0.25, -0.2) is 4.39 Å². The molecule has 1 saturated heterocycles. The van der Waals surface area contributed by atoms with Gasteiger partial charge >= 0.3 is 0 Å². The zero-order chi connectivity index (χ0) is 14.1. The maximum absolute atomic E-state index is 13.4. The van der Waals surface area contributed by atoms with Crippen LogP contribution in [0, 0.1) is 23.1 Å². The molecule has 0 aromatic heterocycles. The van der Waals surface area contributed by atoms with E-state index in [-0.39, 0.29) is 11.7 Å². The molecular formula is C16H22FN3. The average Bonchev–Trinajstić information content (AvgIpc) is 2.46. The van der Waals surface area contributed by atoms with E-state index in [1.165, 1.54) is 44.2 Å². The molecule has 1 aromatic carbocycles. The molecule has 0 bridgehead atoms. The van der Waals surface area contributed by atoms with E-state index in [4.69, 9.17) is 11.1 Å². The van der Waals surface area contributed by atoms with Crippen LogP contribution >= 0.6 is 0 Å². The number of anilines is 1. The summed E-state index contributed by atoms with van der Waals surface area (Å²) >= 11 is 0. The Morgan fingerprint density at radius 3 is 2.70 bits per heavy atom. The van der Waals surface area contributed by atoms with Gasteiger partial charge in [0, 0.05) is 24.3 Å². The van der Waals surface area contributed by atoms with Crippen molar-refractivity contribution in [3.63, 3.8) is 0 Å². The Morgan fingerprint density at radius 2 is 1.95 bits per heavy atom. The minimum Gasteiger partial charge on any atom is -0.384 e. The average molecular weight is 275 g/mol. The first-order valence-corrected chi connectivity index (χ1v) is 7.54. The lowest BCUT2D eigenvalue weighted by Crippen LogP contribution is -2.42. The zero-order valence-electron chi connectivity index (χ0n) is 11.7. The minimum absolute atomic E-state index is 0.0507. The normalized spacial score (nSPS) is 26.1. The maximum Gasteiger partial charge on any atom is 0.125 e. The van der Waals surface area contributed by atoms with E-state index >= 15 is 0 Å². The Morgan fingerprint density at radius 1 is 1.20 bits per heavy atom. The summed E-state index contributed by atoms with van der Waals surface area (Å²) in [6, 6.07) is 4.62. The van der Waals surface area contributed by atoms with Crippen LogP contribution in [0.2, 0.25) is 0 Å². The fraction of sp³-hybridized carbons (Fsp3) is 0.562. The van der Waals surface area contributed by atoms with Gasteiger partial charge in [-0.2, -0.15) is 0 Å². The molecule has 2 atom stereocenters. The Balaban J connectivity index is 1.84. The van der Waals surface area contributed by atoms with Crippen LogP contribution in [0.1, 0.15) is 37.7 Å². The Labute approximate surface area is 119 Å². The van der Waals surface area contributed by atoms with E-state index in [0.29, 0.717) is 5.56 Å². The number of amidine groups is 1. The summed E-state index contributed by atoms with van der Waals surface area (Å²) in [5.41, 5.74) is 7.06. The SMILES string of the molecule is N=C(N)c1cc(F)ccc1N1CCC2CCCCC2C1. The number of nitrogens with two attached hydrogens (primary N) is 1. The van der Waals surface area contributed by atoms with Crippen LogP contribution in [-0.4, -0.2) is 18.9 Å². The highest BCUT2D eigenvalue weighted by atomic mass is 19.1. The number of nitrogens with one attached hydrogen (secondary N) is 1. The second kappa shape index (κ2) is 5.43. The van der Waals surface area contributed by atoms with Crippen molar-refractivity contribution >= 4 is 11.5 Å². The van der Waals surface area contributed by atoms with E-state index in [0.717, 1.165) is 30.6 Å². The zero-order valence-corrected chi connectivity index (χ0v) is 11.7. The van der Waals surface area contributed by atoms with E-state index < -0.39 is 0 Å². The molecule has 2 unspecified atom stereocenters. The van der Waals surface area contributed by atoms with Gasteiger partial charge in [0.25, 0.3) is 0 Å². The van der Waals surface area contributed by atoms with Gasteiger partial charge in [0.15, 0.2) is 0 Å². The summed E-state index contributed by atoms with van der Waals surface area (Å²) in [6.07, 6.45) is 6.58. The summed E-state index contributed by atoms with van der Waals surface area (Å²) in [7, 11) is 0. The lowest BCUT2D eigenvalue weighted by molar-refractivity contribution is 0.202. The van der Waals surface area contributed by atoms with E-state index in [9.17, 15) is 4.39 Å². The smallest absolute Gasteiger partial charge is 0.125 e. The first-order chi connectivity index (χ1) is 9.65. The molecule has 1 heterocycles. The van der Waals surface area contributed by atoms with Crippen molar-refractivity contribution in [1.82, 2.24) is 0 Å². The summed E-state index contributed by atoms with van der Waals surface area (Å²) in [6.45, 7) is 2.02. The minimum atomic E-state index is -0.327. The van der Waals surface area contributed by atoms with Crippen molar-refractivity contribution in [2.45, 2.75) is 32.1 Å². The molecule has 3 N–H and O–H groups in total. The number of hydrogen-bond acceptors (Lipinski definition) is 2. The third-order valence-electron chi connectivity index (χ3n) is 4.88. The lowest BCUT2D eigenvalue weighted by Gasteiger charge is -2.42. The number of benzene rings is 1. The molecule has 20 heavy (non-hydrogen) atoms. The molecule has 0 radical (unpaired) electrons. The van der Waals surface area contributed by atoms with Gasteiger partial charge in [-0.05, 0) is 42.9 Å². The highest BCUT2D eigenvalue weighted by Crippen LogP contribution is 2.38. The molecule has 108 valence electrons. The van der Waals surface area contributed by atoms with Gasteiger partial charge in [-0.3, -0.25) is 5.41 Å². The van der Waals surface area contributed by atoms with Crippen LogP contribution in [0.5, 0.6) is 0 Å². The van der Waals surface area contributed by atoms with E-state index in [1.54, 1.807) is 6.07 Å². The van der Waals surface area contributed by atoms with Crippen LogP contribution in [-0.2, 0) is 0 Å². The van der Waals surface area contributed by atoms with Gasteiger partial charge in [0.05, 0.1) is 0 Å². The van der Waals surface area contributed by atoms with Crippen LogP contribution in [0.4, 0.5) is 10.1 Å². The highest BCUT2D eigenvalue weighted by molar-refractivity contribution is 6.00. The monoisotopic (exact) mass is 275 g/mol. The summed E-state index contributed by atoms with van der Waals surface area (Å²) in [5, 5.41) is 7.66. The van der Waals surface area contributed by atoms with Crippen molar-refractivity contribution in [3.8, 4) is 0 Å². The van der Waals surface area contributed by atoms with Crippen molar-refractivity contribution in [2.75, 3.05) is 18.0 Å². The topological polar surface area (TPSA) is 53.1 Å². The number of rotatable bonds is 2. The van der Waals surface area contributed by atoms with Crippen LogP contribution in [0.25, 0.3) is 0 Å². The van der Waals surface area contributed by atoms with Gasteiger partial charge in [0.2, 0.25) is 0 Å². The van der Waals surface area contributed by atoms with Crippen LogP contribution < -0.4 is 10.6 Å². The second-order valence-electron chi connectivity index (χ2n) is 6.11. The Kier molecular flexibility index (Phi) is 3.64. The van der Waals surface area contributed by atoms with Crippen molar-refractivity contribution in [2.24, 2.45) is 17.6 Å². The van der Waals surface area contributed by atoms with Crippen molar-refractivity contribution in [1.29, 1.82) is 5.41 Å². The first-order valence-electron chi connectivity index (χ1n) is 7.54. The number of nitrogen functional groups attached to an aromatic ring is 1. The van der Waals surface area contributed by atoms with Gasteiger partial charge in [-0.15, -0.1) is 0 Å². The largest absolute Gasteiger partial charge is 0.384 e. The molecule has 1 aliphatic heterocycles. The molecule has 3 rings (SSSR count). The third kappa shape index (κ3) is 2.51. The predicted molar refractivity (Wildman–Crippen MR) is 79.7 cm³/mol. The fourth-order valence-electron chi connectivity index (χ4n) is 3.82. The molecule has 4 heteroatoms. The molecular weight excluding hydrogens is 253 g/mol. The molecule has 0 spiro atoms. The van der Waals surface area contributed by atoms with Gasteiger partial charge in [0.1, 0.15) is 11.7 Å². The number of hydrogen-bond donors (Lipinski definition) is 2. The van der Waals surface area contributed by atoms with E-state index in [2.05, 4.69) is 4.90 Å². The van der Waals surface area contributed by atoms with Crippen molar-refractivity contribution < 1.29 is 4.39 Å². The second-order valence-corrected chi connectivity index (χ2v) is 6.11. The number of nitrogens with zero attached hydrogens (tertiary/aromatic N) is 1. The summed E-state index contributed by atoms with van der Waals surface area (Å²) < 4.78 is 13.4. The standard InChI is InChI=1S/C16H22FN3/c17-13-5-6-15(14(9-13)16(18)19)20-8-7-11-3-1-2-4-12(11)10-20/h5-6,9,11-12H,1-4,7-8,10H2,(H3,18,19). The van der Waals surface area contributed by atoms with Crippen LogP contribution in [0.15, 0.2) is 18.2 Å².